The molecule has 0 spiro atoms. The summed E-state index contributed by atoms with van der Waals surface area (Å²) in [4.78, 5) is 8.98. The van der Waals surface area contributed by atoms with Crippen LogP contribution in [0.2, 0.25) is 0 Å². The average Bonchev–Trinajstić information content (AvgIpc) is 2.35. The Balaban J connectivity index is 2.58. The van der Waals surface area contributed by atoms with Crippen molar-refractivity contribution in [2.24, 2.45) is 0 Å². The van der Waals surface area contributed by atoms with Crippen molar-refractivity contribution in [2.45, 2.75) is 59.0 Å². The van der Waals surface area contributed by atoms with Crippen LogP contribution in [0.4, 0.5) is 0 Å². The summed E-state index contributed by atoms with van der Waals surface area (Å²) in [5, 5.41) is 0. The van der Waals surface area contributed by atoms with Gasteiger partial charge in [-0.15, -0.1) is 0 Å². The van der Waals surface area contributed by atoms with Gasteiger partial charge in [0.25, 0.3) is 0 Å². The minimum atomic E-state index is -0.148. The molecule has 0 fully saturated rings. The van der Waals surface area contributed by atoms with Gasteiger partial charge in [0.05, 0.1) is 5.69 Å². The topological polar surface area (TPSA) is 35.0 Å². The van der Waals surface area contributed by atoms with E-state index in [4.69, 9.17) is 4.74 Å². The van der Waals surface area contributed by atoms with Gasteiger partial charge in [0, 0.05) is 17.4 Å². The fourth-order valence-corrected chi connectivity index (χ4v) is 2.16. The van der Waals surface area contributed by atoms with E-state index in [1.165, 1.54) is 5.56 Å². The molecular weight excluding hydrogens is 200 g/mol. The first-order valence-corrected chi connectivity index (χ1v) is 5.76. The van der Waals surface area contributed by atoms with Gasteiger partial charge in [-0.25, -0.2) is 4.98 Å². The van der Waals surface area contributed by atoms with Gasteiger partial charge in [-0.05, 0) is 20.8 Å². The summed E-state index contributed by atoms with van der Waals surface area (Å²) in [6, 6.07) is 0. The molecule has 0 aromatic carbocycles. The van der Waals surface area contributed by atoms with E-state index in [9.17, 15) is 0 Å². The van der Waals surface area contributed by atoms with Crippen LogP contribution in [0.15, 0.2) is 0 Å². The van der Waals surface area contributed by atoms with E-state index in [-0.39, 0.29) is 11.0 Å². The first-order chi connectivity index (χ1) is 7.19. The van der Waals surface area contributed by atoms with Gasteiger partial charge in [-0.2, -0.15) is 4.98 Å². The van der Waals surface area contributed by atoms with Gasteiger partial charge < -0.3 is 4.74 Å². The number of ether oxygens (including phenoxy) is 1. The Morgan fingerprint density at radius 1 is 1.19 bits per heavy atom. The first kappa shape index (κ1) is 11.4. The molecule has 1 aromatic heterocycles. The molecule has 2 heterocycles. The minimum Gasteiger partial charge on any atom is -0.471 e. The molecule has 0 aliphatic carbocycles. The largest absolute Gasteiger partial charge is 0.471 e. The van der Waals surface area contributed by atoms with Crippen LogP contribution >= 0.6 is 0 Å². The van der Waals surface area contributed by atoms with Crippen molar-refractivity contribution in [3.8, 4) is 5.88 Å². The zero-order chi connectivity index (χ0) is 12.1. The molecule has 0 saturated carbocycles. The quantitative estimate of drug-likeness (QED) is 0.674. The second kappa shape index (κ2) is 3.19. The smallest absolute Gasteiger partial charge is 0.220 e. The number of rotatable bonds is 0. The normalized spacial score (nSPS) is 18.1. The number of aromatic nitrogens is 2. The predicted octanol–water partition coefficient (Wildman–Crippen LogP) is 2.80. The second-order valence-electron chi connectivity index (χ2n) is 6.19. The monoisotopic (exact) mass is 220 g/mol. The summed E-state index contributed by atoms with van der Waals surface area (Å²) < 4.78 is 5.86. The van der Waals surface area contributed by atoms with E-state index in [0.717, 1.165) is 23.8 Å². The van der Waals surface area contributed by atoms with Gasteiger partial charge in [0.15, 0.2) is 0 Å². The van der Waals surface area contributed by atoms with Crippen LogP contribution in [-0.2, 0) is 11.8 Å². The molecule has 1 aliphatic rings. The molecule has 16 heavy (non-hydrogen) atoms. The molecule has 0 amide bonds. The maximum absolute atomic E-state index is 5.86. The van der Waals surface area contributed by atoms with E-state index >= 15 is 0 Å². The minimum absolute atomic E-state index is 0.0432. The molecule has 0 radical (unpaired) electrons. The highest BCUT2D eigenvalue weighted by molar-refractivity contribution is 5.39. The molecule has 0 N–H and O–H groups in total. The van der Waals surface area contributed by atoms with Gasteiger partial charge in [0.2, 0.25) is 5.88 Å². The molecule has 0 unspecified atom stereocenters. The molecule has 0 bridgehead atoms. The predicted molar refractivity (Wildman–Crippen MR) is 63.9 cm³/mol. The third-order valence-corrected chi connectivity index (χ3v) is 2.77. The lowest BCUT2D eigenvalue weighted by molar-refractivity contribution is 0.133. The Morgan fingerprint density at radius 3 is 2.38 bits per heavy atom. The number of aryl methyl sites for hydroxylation is 1. The number of hydrogen-bond acceptors (Lipinski definition) is 3. The molecule has 88 valence electrons. The van der Waals surface area contributed by atoms with Crippen LogP contribution in [0, 0.1) is 6.92 Å². The fraction of sp³-hybridized carbons (Fsp3) is 0.692. The van der Waals surface area contributed by atoms with Crippen molar-refractivity contribution in [2.75, 3.05) is 0 Å². The first-order valence-electron chi connectivity index (χ1n) is 5.76. The van der Waals surface area contributed by atoms with Gasteiger partial charge in [0.1, 0.15) is 11.4 Å². The van der Waals surface area contributed by atoms with Gasteiger partial charge >= 0.3 is 0 Å². The van der Waals surface area contributed by atoms with Crippen LogP contribution in [0.3, 0.4) is 0 Å². The SMILES string of the molecule is Cc1nc2c(c(C(C)(C)C)n1)CC(C)(C)O2. The molecule has 1 aliphatic heterocycles. The van der Waals surface area contributed by atoms with Crippen LogP contribution in [0.5, 0.6) is 5.88 Å². The lowest BCUT2D eigenvalue weighted by atomic mass is 9.86. The Morgan fingerprint density at radius 2 is 1.81 bits per heavy atom. The van der Waals surface area contributed by atoms with E-state index < -0.39 is 0 Å². The zero-order valence-electron chi connectivity index (χ0n) is 11.0. The zero-order valence-corrected chi connectivity index (χ0v) is 11.0. The summed E-state index contributed by atoms with van der Waals surface area (Å²) in [5.41, 5.74) is 2.20. The van der Waals surface area contributed by atoms with Crippen LogP contribution < -0.4 is 4.74 Å². The maximum Gasteiger partial charge on any atom is 0.220 e. The Bertz CT molecular complexity index is 430. The van der Waals surface area contributed by atoms with Crippen molar-refractivity contribution in [3.63, 3.8) is 0 Å². The Labute approximate surface area is 97.3 Å². The Hall–Kier alpha value is -1.12. The highest BCUT2D eigenvalue weighted by Gasteiger charge is 2.36. The van der Waals surface area contributed by atoms with E-state index in [0.29, 0.717) is 0 Å². The van der Waals surface area contributed by atoms with E-state index in [1.54, 1.807) is 0 Å². The summed E-state index contributed by atoms with van der Waals surface area (Å²) in [5.74, 6) is 1.57. The highest BCUT2D eigenvalue weighted by atomic mass is 16.5. The van der Waals surface area contributed by atoms with Crippen molar-refractivity contribution in [3.05, 3.63) is 17.1 Å². The molecular formula is C13H20N2O. The summed E-state index contributed by atoms with van der Waals surface area (Å²) >= 11 is 0. The van der Waals surface area contributed by atoms with Crippen molar-refractivity contribution >= 4 is 0 Å². The molecule has 0 saturated heterocycles. The summed E-state index contributed by atoms with van der Waals surface area (Å²) in [7, 11) is 0. The third kappa shape index (κ3) is 1.91. The van der Waals surface area contributed by atoms with E-state index in [2.05, 4.69) is 44.6 Å². The average molecular weight is 220 g/mol. The maximum atomic E-state index is 5.86. The molecule has 0 atom stereocenters. The third-order valence-electron chi connectivity index (χ3n) is 2.77. The highest BCUT2D eigenvalue weighted by Crippen LogP contribution is 2.38. The second-order valence-corrected chi connectivity index (χ2v) is 6.19. The standard InChI is InChI=1S/C13H20N2O/c1-8-14-10(12(2,3)4)9-7-13(5,6)16-11(9)15-8/h7H2,1-6H3. The lowest BCUT2D eigenvalue weighted by Gasteiger charge is -2.20. The molecule has 1 aromatic rings. The Kier molecular flexibility index (Phi) is 2.26. The number of fused-ring (bicyclic) bond motifs is 1. The van der Waals surface area contributed by atoms with Crippen LogP contribution in [0.1, 0.15) is 51.7 Å². The van der Waals surface area contributed by atoms with Gasteiger partial charge in [-0.1, -0.05) is 20.8 Å². The van der Waals surface area contributed by atoms with Gasteiger partial charge in [-0.3, -0.25) is 0 Å². The molecule has 3 nitrogen and oxygen atoms in total. The lowest BCUT2D eigenvalue weighted by Crippen LogP contribution is -2.25. The van der Waals surface area contributed by atoms with Crippen LogP contribution in [-0.4, -0.2) is 15.6 Å². The van der Waals surface area contributed by atoms with E-state index in [1.807, 2.05) is 6.92 Å². The fourth-order valence-electron chi connectivity index (χ4n) is 2.16. The van der Waals surface area contributed by atoms with Crippen molar-refractivity contribution in [1.29, 1.82) is 0 Å². The van der Waals surface area contributed by atoms with Crippen LogP contribution in [0.25, 0.3) is 0 Å². The summed E-state index contributed by atoms with van der Waals surface area (Å²) in [6.45, 7) is 12.7. The molecule has 2 rings (SSSR count). The molecule has 3 heteroatoms. The van der Waals surface area contributed by atoms with Crippen molar-refractivity contribution < 1.29 is 4.74 Å². The number of nitrogens with zero attached hydrogens (tertiary/aromatic N) is 2. The summed E-state index contributed by atoms with van der Waals surface area (Å²) in [6.07, 6.45) is 0.898. The van der Waals surface area contributed by atoms with Crippen molar-refractivity contribution in [1.82, 2.24) is 9.97 Å². The number of hydrogen-bond donors (Lipinski definition) is 0.